The van der Waals surface area contributed by atoms with Crippen LogP contribution in [0.25, 0.3) is 0 Å². The van der Waals surface area contributed by atoms with Crippen molar-refractivity contribution < 1.29 is 27.5 Å². The molecule has 4 aliphatic heterocycles. The van der Waals surface area contributed by atoms with Crippen LogP contribution < -0.4 is 10.1 Å². The molecule has 7 rings (SSSR count). The summed E-state index contributed by atoms with van der Waals surface area (Å²) in [7, 11) is -3.54. The average Bonchev–Trinajstić information content (AvgIpc) is 3.53. The van der Waals surface area contributed by atoms with Gasteiger partial charge in [-0.1, -0.05) is 36.4 Å². The largest absolute Gasteiger partial charge is 0.492 e. The first-order valence-corrected chi connectivity index (χ1v) is 15.8. The van der Waals surface area contributed by atoms with E-state index in [4.69, 9.17) is 4.74 Å². The van der Waals surface area contributed by atoms with Gasteiger partial charge in [-0.25, -0.2) is 8.42 Å². The quantitative estimate of drug-likeness (QED) is 0.458. The first kappa shape index (κ1) is 26.9. The van der Waals surface area contributed by atoms with Crippen molar-refractivity contribution in [2.75, 3.05) is 19.7 Å². The molecule has 1 spiro atoms. The Morgan fingerprint density at radius 1 is 0.905 bits per heavy atom. The van der Waals surface area contributed by atoms with E-state index in [9.17, 15) is 22.8 Å². The lowest BCUT2D eigenvalue weighted by Gasteiger charge is -2.38. The van der Waals surface area contributed by atoms with E-state index < -0.39 is 21.8 Å². The summed E-state index contributed by atoms with van der Waals surface area (Å²) in [6.07, 6.45) is 2.37. The van der Waals surface area contributed by atoms with Crippen LogP contribution in [0.1, 0.15) is 52.7 Å². The smallest absolute Gasteiger partial charge is 0.255 e. The monoisotopic (exact) mass is 585 g/mol. The van der Waals surface area contributed by atoms with Crippen molar-refractivity contribution in [2.24, 2.45) is 0 Å². The number of nitrogens with zero attached hydrogens (tertiary/aromatic N) is 2. The third kappa shape index (κ3) is 4.40. The Labute approximate surface area is 244 Å². The van der Waals surface area contributed by atoms with Gasteiger partial charge in [0.1, 0.15) is 11.8 Å². The Kier molecular flexibility index (Phi) is 6.43. The fourth-order valence-corrected chi connectivity index (χ4v) is 8.09. The molecule has 3 aromatic rings. The molecule has 1 unspecified atom stereocenters. The van der Waals surface area contributed by atoms with Gasteiger partial charge in [0.2, 0.25) is 21.7 Å². The highest BCUT2D eigenvalue weighted by Crippen LogP contribution is 2.49. The lowest BCUT2D eigenvalue weighted by Crippen LogP contribution is -2.52. The molecule has 42 heavy (non-hydrogen) atoms. The van der Waals surface area contributed by atoms with E-state index in [1.165, 1.54) is 0 Å². The lowest BCUT2D eigenvalue weighted by atomic mass is 9.74. The Balaban J connectivity index is 1.02. The molecule has 1 N–H and O–H groups in total. The van der Waals surface area contributed by atoms with Gasteiger partial charge in [0.25, 0.3) is 5.91 Å². The predicted molar refractivity (Wildman–Crippen MR) is 153 cm³/mol. The molecule has 0 aliphatic carbocycles. The second kappa shape index (κ2) is 10.1. The average molecular weight is 586 g/mol. The minimum atomic E-state index is -3.54. The molecular weight excluding hydrogens is 554 g/mol. The number of fused-ring (bicyclic) bond motifs is 4. The van der Waals surface area contributed by atoms with Crippen molar-refractivity contribution in [3.63, 3.8) is 0 Å². The molecule has 10 heteroatoms. The summed E-state index contributed by atoms with van der Waals surface area (Å²) < 4.78 is 32.1. The van der Waals surface area contributed by atoms with Gasteiger partial charge in [0.15, 0.2) is 0 Å². The van der Waals surface area contributed by atoms with Crippen molar-refractivity contribution in [2.45, 2.75) is 60.0 Å². The second-order valence-corrected chi connectivity index (χ2v) is 13.6. The van der Waals surface area contributed by atoms with Gasteiger partial charge < -0.3 is 9.64 Å². The topological polar surface area (TPSA) is 113 Å². The molecule has 0 bridgehead atoms. The summed E-state index contributed by atoms with van der Waals surface area (Å²) in [4.78, 5) is 41.8. The van der Waals surface area contributed by atoms with Crippen LogP contribution in [0.5, 0.6) is 5.75 Å². The SMILES string of the molecule is O=C1CCC(N2Cc3c(ccc4c3OCC43CCN(Cc4ccc(S(=O)(=O)c5ccccc5)cc4)CC3)C2=O)C(=O)N1. The van der Waals surface area contributed by atoms with E-state index >= 15 is 0 Å². The van der Waals surface area contributed by atoms with Crippen molar-refractivity contribution in [1.29, 1.82) is 0 Å². The Hall–Kier alpha value is -4.02. The van der Waals surface area contributed by atoms with Gasteiger partial charge in [0.05, 0.1) is 22.9 Å². The van der Waals surface area contributed by atoms with Crippen molar-refractivity contribution in [3.05, 3.63) is 89.0 Å². The van der Waals surface area contributed by atoms with Crippen LogP contribution in [0.15, 0.2) is 76.5 Å². The van der Waals surface area contributed by atoms with Gasteiger partial charge in [-0.3, -0.25) is 24.6 Å². The van der Waals surface area contributed by atoms with E-state index in [-0.39, 0.29) is 33.4 Å². The summed E-state index contributed by atoms with van der Waals surface area (Å²) >= 11 is 0. The number of benzene rings is 3. The third-order valence-electron chi connectivity index (χ3n) is 9.24. The molecule has 4 aliphatic rings. The van der Waals surface area contributed by atoms with Crippen molar-refractivity contribution in [1.82, 2.24) is 15.1 Å². The summed E-state index contributed by atoms with van der Waals surface area (Å²) in [5, 5.41) is 2.36. The Morgan fingerprint density at radius 2 is 1.62 bits per heavy atom. The second-order valence-electron chi connectivity index (χ2n) is 11.7. The number of likely N-dealkylation sites (tertiary alicyclic amines) is 1. The lowest BCUT2D eigenvalue weighted by molar-refractivity contribution is -0.136. The van der Waals surface area contributed by atoms with Crippen LogP contribution >= 0.6 is 0 Å². The molecule has 9 nitrogen and oxygen atoms in total. The number of carbonyl (C=O) groups is 3. The molecule has 3 amide bonds. The van der Waals surface area contributed by atoms with Crippen LogP contribution in [0.4, 0.5) is 0 Å². The van der Waals surface area contributed by atoms with Crippen LogP contribution in [0.3, 0.4) is 0 Å². The molecule has 0 saturated carbocycles. The summed E-state index contributed by atoms with van der Waals surface area (Å²) in [6, 6.07) is 18.9. The summed E-state index contributed by atoms with van der Waals surface area (Å²) in [5.41, 5.74) is 3.48. The highest BCUT2D eigenvalue weighted by molar-refractivity contribution is 7.91. The molecule has 216 valence electrons. The molecule has 1 atom stereocenters. The number of imide groups is 1. The first-order valence-electron chi connectivity index (χ1n) is 14.3. The maximum Gasteiger partial charge on any atom is 0.255 e. The first-order chi connectivity index (χ1) is 20.2. The fourth-order valence-electron chi connectivity index (χ4n) is 6.80. The van der Waals surface area contributed by atoms with Gasteiger partial charge in [-0.15, -0.1) is 0 Å². The van der Waals surface area contributed by atoms with E-state index in [0.717, 1.165) is 54.9 Å². The summed E-state index contributed by atoms with van der Waals surface area (Å²) in [5.74, 6) is -0.129. The molecule has 3 aromatic carbocycles. The maximum atomic E-state index is 13.2. The molecule has 2 fully saturated rings. The van der Waals surface area contributed by atoms with E-state index in [1.54, 1.807) is 47.4 Å². The van der Waals surface area contributed by atoms with Crippen LogP contribution in [-0.2, 0) is 37.9 Å². The number of rotatable bonds is 5. The summed E-state index contributed by atoms with van der Waals surface area (Å²) in [6.45, 7) is 3.33. The zero-order chi connectivity index (χ0) is 29.1. The van der Waals surface area contributed by atoms with Crippen molar-refractivity contribution >= 4 is 27.6 Å². The normalized spacial score (nSPS) is 21.7. The van der Waals surface area contributed by atoms with Crippen LogP contribution in [-0.4, -0.2) is 61.7 Å². The highest BCUT2D eigenvalue weighted by Gasteiger charge is 2.47. The Bertz CT molecular complexity index is 1700. The van der Waals surface area contributed by atoms with Gasteiger partial charge in [0, 0.05) is 35.1 Å². The minimum Gasteiger partial charge on any atom is -0.492 e. The zero-order valence-corrected chi connectivity index (χ0v) is 23.9. The molecule has 2 saturated heterocycles. The van der Waals surface area contributed by atoms with Gasteiger partial charge in [-0.05, 0) is 68.2 Å². The number of hydrogen-bond donors (Lipinski definition) is 1. The van der Waals surface area contributed by atoms with Crippen LogP contribution in [0, 0.1) is 0 Å². The predicted octanol–water partition coefficient (Wildman–Crippen LogP) is 3.21. The number of hydrogen-bond acceptors (Lipinski definition) is 7. The number of piperidine rings is 2. The number of carbonyl (C=O) groups excluding carboxylic acids is 3. The van der Waals surface area contributed by atoms with Gasteiger partial charge in [-0.2, -0.15) is 0 Å². The minimum absolute atomic E-state index is 0.125. The fraction of sp³-hybridized carbons (Fsp3) is 0.344. The Morgan fingerprint density at radius 3 is 2.33 bits per heavy atom. The molecule has 0 radical (unpaired) electrons. The van der Waals surface area contributed by atoms with E-state index in [1.807, 2.05) is 24.3 Å². The molecule has 0 aromatic heterocycles. The number of nitrogens with one attached hydrogen (secondary N) is 1. The van der Waals surface area contributed by atoms with Crippen LogP contribution in [0.2, 0.25) is 0 Å². The standard InChI is InChI=1S/C32H31N3O6S/c36-28-13-12-27(30(37)33-28)35-19-25-24(31(35)38)10-11-26-29(25)41-20-32(26)14-16-34(17-15-32)18-21-6-8-23(9-7-21)42(39,40)22-4-2-1-3-5-22/h1-11,27H,12-20H2,(H,33,36,37). The zero-order valence-electron chi connectivity index (χ0n) is 23.0. The van der Waals surface area contributed by atoms with E-state index in [2.05, 4.69) is 10.2 Å². The van der Waals surface area contributed by atoms with Crippen molar-refractivity contribution in [3.8, 4) is 5.75 Å². The molecule has 4 heterocycles. The highest BCUT2D eigenvalue weighted by atomic mass is 32.2. The number of amides is 3. The maximum absolute atomic E-state index is 13.2. The van der Waals surface area contributed by atoms with E-state index in [0.29, 0.717) is 25.1 Å². The molecular formula is C32H31N3O6S. The van der Waals surface area contributed by atoms with Gasteiger partial charge >= 0.3 is 0 Å². The number of ether oxygens (including phenoxy) is 1. The number of sulfone groups is 1. The third-order valence-corrected chi connectivity index (χ3v) is 11.0.